The number of aromatic nitrogens is 1. The molecule has 3 aromatic rings. The van der Waals surface area contributed by atoms with Gasteiger partial charge >= 0.3 is 6.18 Å². The normalized spacial score (nSPS) is 11.3. The van der Waals surface area contributed by atoms with Gasteiger partial charge in [-0.2, -0.15) is 13.2 Å². The molecule has 0 unspecified atom stereocenters. The van der Waals surface area contributed by atoms with Crippen molar-refractivity contribution in [3.05, 3.63) is 86.2 Å². The van der Waals surface area contributed by atoms with E-state index in [1.165, 1.54) is 6.07 Å². The van der Waals surface area contributed by atoms with Crippen LogP contribution >= 0.6 is 15.9 Å². The van der Waals surface area contributed by atoms with E-state index in [4.69, 9.17) is 9.47 Å². The third-order valence-electron chi connectivity index (χ3n) is 5.02. The van der Waals surface area contributed by atoms with Crippen molar-refractivity contribution in [3.8, 4) is 11.5 Å². The van der Waals surface area contributed by atoms with Gasteiger partial charge in [0, 0.05) is 24.6 Å². The minimum absolute atomic E-state index is 0.152. The average Bonchev–Trinajstić information content (AvgIpc) is 2.76. The molecule has 0 saturated carbocycles. The van der Waals surface area contributed by atoms with Gasteiger partial charge in [0.15, 0.2) is 0 Å². The fraction of sp³-hybridized carbons (Fsp3) is 0.261. The number of benzene rings is 2. The Labute approximate surface area is 192 Å². The molecule has 0 radical (unpaired) electrons. The number of hydrogen-bond acceptors (Lipinski definition) is 4. The van der Waals surface area contributed by atoms with Crippen LogP contribution in [0, 0.1) is 0 Å². The number of rotatable bonds is 7. The quantitative estimate of drug-likeness (QED) is 0.427. The van der Waals surface area contributed by atoms with Crippen molar-refractivity contribution in [2.75, 3.05) is 19.1 Å². The first-order chi connectivity index (χ1) is 15.1. The molecule has 1 aromatic heterocycles. The largest absolute Gasteiger partial charge is 0.497 e. The Kier molecular flexibility index (Phi) is 7.18. The van der Waals surface area contributed by atoms with Crippen LogP contribution in [0.1, 0.15) is 16.8 Å². The lowest BCUT2D eigenvalue weighted by atomic mass is 10.1. The van der Waals surface area contributed by atoms with E-state index in [-0.39, 0.29) is 10.2 Å². The van der Waals surface area contributed by atoms with Crippen LogP contribution in [0.5, 0.6) is 11.5 Å². The number of methoxy groups -OCH3 is 2. The molecule has 0 aliphatic carbocycles. The second-order valence-corrected chi connectivity index (χ2v) is 7.99. The molecule has 0 fully saturated rings. The molecule has 9 heteroatoms. The Bertz CT molecular complexity index is 1080. The van der Waals surface area contributed by atoms with E-state index in [1.807, 2.05) is 24.3 Å². The van der Waals surface area contributed by atoms with Gasteiger partial charge in [0.05, 0.1) is 14.2 Å². The highest BCUT2D eigenvalue weighted by Crippen LogP contribution is 2.35. The lowest BCUT2D eigenvalue weighted by molar-refractivity contribution is -0.144. The van der Waals surface area contributed by atoms with Crippen molar-refractivity contribution >= 4 is 21.6 Å². The first kappa shape index (κ1) is 23.7. The summed E-state index contributed by atoms with van der Waals surface area (Å²) in [6.45, 7) is 0.617. The minimum atomic E-state index is -4.66. The molecule has 0 bridgehead atoms. The summed E-state index contributed by atoms with van der Waals surface area (Å²) in [5, 5.41) is 0. The monoisotopic (exact) mass is 510 g/mol. The summed E-state index contributed by atoms with van der Waals surface area (Å²) in [5.74, 6) is 1.37. The number of hydrogen-bond donors (Lipinski definition) is 0. The molecule has 32 heavy (non-hydrogen) atoms. The summed E-state index contributed by atoms with van der Waals surface area (Å²) < 4.78 is 51.1. The fourth-order valence-electron chi connectivity index (χ4n) is 3.36. The molecule has 3 rings (SSSR count). The molecular weight excluding hydrogens is 489 g/mol. The SMILES string of the molecule is COc1ccc(CN(Cc2ccc(OC)cc2)c2cc(Br)c(C(F)(F)F)n(C)c2=O)cc1. The molecule has 2 aromatic carbocycles. The van der Waals surface area contributed by atoms with Gasteiger partial charge in [-0.15, -0.1) is 0 Å². The maximum Gasteiger partial charge on any atom is 0.432 e. The number of ether oxygens (including phenoxy) is 2. The van der Waals surface area contributed by atoms with Crippen molar-refractivity contribution in [1.82, 2.24) is 4.57 Å². The number of halogens is 4. The van der Waals surface area contributed by atoms with Gasteiger partial charge in [0.25, 0.3) is 5.56 Å². The predicted octanol–water partition coefficient (Wildman–Crippen LogP) is 5.39. The molecule has 1 heterocycles. The highest BCUT2D eigenvalue weighted by Gasteiger charge is 2.37. The summed E-state index contributed by atoms with van der Waals surface area (Å²) in [7, 11) is 4.25. The fourth-order valence-corrected chi connectivity index (χ4v) is 4.07. The maximum atomic E-state index is 13.4. The number of nitrogens with zero attached hydrogens (tertiary/aromatic N) is 2. The van der Waals surface area contributed by atoms with Gasteiger partial charge in [-0.25, -0.2) is 0 Å². The highest BCUT2D eigenvalue weighted by molar-refractivity contribution is 9.10. The lowest BCUT2D eigenvalue weighted by Crippen LogP contribution is -2.34. The summed E-state index contributed by atoms with van der Waals surface area (Å²) >= 11 is 3.01. The van der Waals surface area contributed by atoms with Gasteiger partial charge in [0.1, 0.15) is 22.9 Å². The molecule has 0 saturated heterocycles. The first-order valence-electron chi connectivity index (χ1n) is 9.61. The second kappa shape index (κ2) is 9.68. The summed E-state index contributed by atoms with van der Waals surface area (Å²) in [6.07, 6.45) is -4.66. The van der Waals surface area contributed by atoms with Crippen molar-refractivity contribution in [2.45, 2.75) is 19.3 Å². The van der Waals surface area contributed by atoms with E-state index in [0.717, 1.165) is 18.2 Å². The van der Waals surface area contributed by atoms with Crippen LogP contribution in [0.15, 0.2) is 63.9 Å². The third-order valence-corrected chi connectivity index (χ3v) is 5.63. The van der Waals surface area contributed by atoms with Crippen LogP contribution in [-0.4, -0.2) is 18.8 Å². The molecule has 170 valence electrons. The molecule has 0 aliphatic heterocycles. The van der Waals surface area contributed by atoms with Crippen LogP contribution < -0.4 is 19.9 Å². The Balaban J connectivity index is 2.05. The molecular formula is C23H22BrF3N2O3. The van der Waals surface area contributed by atoms with E-state index in [0.29, 0.717) is 29.2 Å². The number of anilines is 1. The van der Waals surface area contributed by atoms with Gasteiger partial charge < -0.3 is 18.9 Å². The Morgan fingerprint density at radius 3 is 1.72 bits per heavy atom. The van der Waals surface area contributed by atoms with Crippen LogP contribution in [0.25, 0.3) is 0 Å². The molecule has 5 nitrogen and oxygen atoms in total. The first-order valence-corrected chi connectivity index (χ1v) is 10.4. The molecule has 0 aliphatic rings. The second-order valence-electron chi connectivity index (χ2n) is 7.14. The zero-order chi connectivity index (χ0) is 23.5. The van der Waals surface area contributed by atoms with Crippen LogP contribution in [0.2, 0.25) is 0 Å². The van der Waals surface area contributed by atoms with Crippen LogP contribution in [0.3, 0.4) is 0 Å². The smallest absolute Gasteiger partial charge is 0.432 e. The van der Waals surface area contributed by atoms with Crippen molar-refractivity contribution in [1.29, 1.82) is 0 Å². The predicted molar refractivity (Wildman–Crippen MR) is 120 cm³/mol. The average molecular weight is 511 g/mol. The van der Waals surface area contributed by atoms with Crippen LogP contribution in [-0.2, 0) is 26.3 Å². The number of alkyl halides is 3. The zero-order valence-corrected chi connectivity index (χ0v) is 19.3. The number of pyridine rings is 1. The third kappa shape index (κ3) is 5.27. The standard InChI is InChI=1S/C23H22BrF3N2O3/c1-28-21(23(25,26)27)19(24)12-20(22(28)30)29(13-15-4-8-17(31-2)9-5-15)14-16-6-10-18(32-3)11-7-16/h4-12H,13-14H2,1-3H3. The lowest BCUT2D eigenvalue weighted by Gasteiger charge is -2.26. The Hall–Kier alpha value is -2.94. The van der Waals surface area contributed by atoms with Gasteiger partial charge in [0.2, 0.25) is 0 Å². The van der Waals surface area contributed by atoms with E-state index in [2.05, 4.69) is 15.9 Å². The highest BCUT2D eigenvalue weighted by atomic mass is 79.9. The van der Waals surface area contributed by atoms with Gasteiger partial charge in [-0.3, -0.25) is 4.79 Å². The van der Waals surface area contributed by atoms with Crippen molar-refractivity contribution in [3.63, 3.8) is 0 Å². The summed E-state index contributed by atoms with van der Waals surface area (Å²) in [4.78, 5) is 14.7. The molecule has 0 atom stereocenters. The van der Waals surface area contributed by atoms with E-state index in [9.17, 15) is 18.0 Å². The molecule has 0 spiro atoms. The zero-order valence-electron chi connectivity index (χ0n) is 17.7. The summed E-state index contributed by atoms with van der Waals surface area (Å²) in [5.41, 5.74) is 0.136. The molecule has 0 N–H and O–H groups in total. The van der Waals surface area contributed by atoms with E-state index in [1.54, 1.807) is 43.4 Å². The Morgan fingerprint density at radius 1 is 0.906 bits per heavy atom. The van der Waals surface area contributed by atoms with Gasteiger partial charge in [-0.1, -0.05) is 24.3 Å². The molecule has 0 amide bonds. The van der Waals surface area contributed by atoms with Gasteiger partial charge in [-0.05, 0) is 57.4 Å². The topological polar surface area (TPSA) is 43.7 Å². The van der Waals surface area contributed by atoms with E-state index < -0.39 is 17.4 Å². The maximum absolute atomic E-state index is 13.4. The van der Waals surface area contributed by atoms with Crippen molar-refractivity contribution in [2.24, 2.45) is 7.05 Å². The van der Waals surface area contributed by atoms with Crippen molar-refractivity contribution < 1.29 is 22.6 Å². The van der Waals surface area contributed by atoms with E-state index >= 15 is 0 Å². The summed E-state index contributed by atoms with van der Waals surface area (Å²) in [6, 6.07) is 15.8. The minimum Gasteiger partial charge on any atom is -0.497 e. The Morgan fingerprint density at radius 2 is 1.34 bits per heavy atom. The van der Waals surface area contributed by atoms with Crippen LogP contribution in [0.4, 0.5) is 18.9 Å².